The highest BCUT2D eigenvalue weighted by Crippen LogP contribution is 2.48. The van der Waals surface area contributed by atoms with Crippen LogP contribution in [0.3, 0.4) is 0 Å². The fourth-order valence-electron chi connectivity index (χ4n) is 6.44. The number of piperidine rings is 1. The van der Waals surface area contributed by atoms with Gasteiger partial charge in [-0.25, -0.2) is 9.37 Å². The molecule has 1 unspecified atom stereocenters. The number of ether oxygens (including phenoxy) is 1. The van der Waals surface area contributed by atoms with Gasteiger partial charge in [-0.05, 0) is 83.4 Å². The molecule has 3 aliphatic carbocycles. The Kier molecular flexibility index (Phi) is 7.84. The molecule has 1 aromatic carbocycles. The zero-order chi connectivity index (χ0) is 26.8. The van der Waals surface area contributed by atoms with Crippen LogP contribution in [0.4, 0.5) is 4.39 Å². The van der Waals surface area contributed by atoms with Gasteiger partial charge in [0.05, 0.1) is 12.1 Å². The van der Waals surface area contributed by atoms with E-state index in [1.165, 1.54) is 4.57 Å². The van der Waals surface area contributed by atoms with Crippen LogP contribution in [0.5, 0.6) is 5.75 Å². The number of aromatic nitrogens is 2. The summed E-state index contributed by atoms with van der Waals surface area (Å²) in [4.78, 5) is 42.0. The van der Waals surface area contributed by atoms with E-state index in [1.54, 1.807) is 19.1 Å². The molecule has 2 heterocycles. The van der Waals surface area contributed by atoms with Crippen molar-refractivity contribution in [1.29, 1.82) is 0 Å². The first kappa shape index (κ1) is 26.8. The minimum atomic E-state index is -0.878. The molecule has 4 aliphatic rings. The van der Waals surface area contributed by atoms with Crippen LogP contribution in [0.2, 0.25) is 0 Å². The Bertz CT molecular complexity index is 1230. The van der Waals surface area contributed by atoms with Crippen LogP contribution in [0, 0.1) is 6.92 Å². The van der Waals surface area contributed by atoms with Crippen LogP contribution >= 0.6 is 0 Å². The topological polar surface area (TPSA) is 102 Å². The second-order valence-corrected chi connectivity index (χ2v) is 11.4. The van der Waals surface area contributed by atoms with Gasteiger partial charge in [-0.2, -0.15) is 0 Å². The number of carbonyl (C=O) groups is 2. The molecule has 9 heteroatoms. The quantitative estimate of drug-likeness (QED) is 0.332. The average Bonchev–Trinajstić information content (AvgIpc) is 2.89. The molecule has 2 bridgehead atoms. The summed E-state index contributed by atoms with van der Waals surface area (Å²) in [6.45, 7) is 3.20. The molecule has 8 nitrogen and oxygen atoms in total. The van der Waals surface area contributed by atoms with Crippen LogP contribution in [-0.4, -0.2) is 45.7 Å². The summed E-state index contributed by atoms with van der Waals surface area (Å²) in [6.07, 6.45) is 10.8. The fraction of sp³-hybridized carbons (Fsp3) is 0.655. The van der Waals surface area contributed by atoms with E-state index in [0.717, 1.165) is 77.2 Å². The Morgan fingerprint density at radius 1 is 1.05 bits per heavy atom. The van der Waals surface area contributed by atoms with E-state index in [-0.39, 0.29) is 29.8 Å². The summed E-state index contributed by atoms with van der Waals surface area (Å²) in [5.74, 6) is 0.116. The van der Waals surface area contributed by atoms with Crippen molar-refractivity contribution in [3.63, 3.8) is 0 Å². The molecule has 206 valence electrons. The monoisotopic (exact) mass is 526 g/mol. The summed E-state index contributed by atoms with van der Waals surface area (Å²) in [6, 6.07) is 4.60. The molecule has 1 aliphatic heterocycles. The van der Waals surface area contributed by atoms with Gasteiger partial charge in [0, 0.05) is 12.0 Å². The van der Waals surface area contributed by atoms with E-state index < -0.39 is 17.6 Å². The van der Waals surface area contributed by atoms with Crippen molar-refractivity contribution < 1.29 is 18.7 Å². The molecule has 1 aromatic heterocycles. The van der Waals surface area contributed by atoms with Crippen molar-refractivity contribution in [3.8, 4) is 5.75 Å². The lowest BCUT2D eigenvalue weighted by molar-refractivity contribution is -0.135. The number of nitrogens with zero attached hydrogens (tertiary/aromatic N) is 2. The lowest BCUT2D eigenvalue weighted by Crippen LogP contribution is -2.56. The van der Waals surface area contributed by atoms with Gasteiger partial charge in [0.25, 0.3) is 5.56 Å². The lowest BCUT2D eigenvalue weighted by Gasteiger charge is -2.50. The second kappa shape index (κ2) is 11.1. The highest BCUT2D eigenvalue weighted by atomic mass is 19.1. The Morgan fingerprint density at radius 3 is 2.50 bits per heavy atom. The van der Waals surface area contributed by atoms with E-state index in [0.29, 0.717) is 29.1 Å². The number of imide groups is 1. The van der Waals surface area contributed by atoms with Crippen LogP contribution in [0.15, 0.2) is 23.0 Å². The van der Waals surface area contributed by atoms with E-state index in [2.05, 4.69) is 15.6 Å². The minimum Gasteiger partial charge on any atom is -0.493 e. The van der Waals surface area contributed by atoms with E-state index >= 15 is 0 Å². The molecule has 0 spiro atoms. The average molecular weight is 527 g/mol. The van der Waals surface area contributed by atoms with Gasteiger partial charge < -0.3 is 10.1 Å². The lowest BCUT2D eigenvalue weighted by atomic mass is 9.64. The number of nitrogens with one attached hydrogen (secondary N) is 2. The maximum Gasteiger partial charge on any atom is 0.265 e. The highest BCUT2D eigenvalue weighted by Gasteiger charge is 2.48. The van der Waals surface area contributed by atoms with Crippen molar-refractivity contribution in [1.82, 2.24) is 20.2 Å². The molecule has 1 atom stereocenters. The number of rotatable bonds is 11. The zero-order valence-electron chi connectivity index (χ0n) is 22.3. The van der Waals surface area contributed by atoms with Gasteiger partial charge in [-0.1, -0.05) is 25.3 Å². The Hall–Kier alpha value is -2.81. The normalized spacial score (nSPS) is 27.1. The van der Waals surface area contributed by atoms with Crippen LogP contribution in [0.1, 0.15) is 95.3 Å². The Labute approximate surface area is 222 Å². The SMILES string of the molecule is Cc1nc2cccc(OCCCCCCCNC34CCC(F)(CC3)CC4)c2c(=O)n1C1CCC(=O)NC1=O. The number of amides is 2. The van der Waals surface area contributed by atoms with Crippen LogP contribution in [-0.2, 0) is 9.59 Å². The van der Waals surface area contributed by atoms with Crippen LogP contribution < -0.4 is 20.9 Å². The summed E-state index contributed by atoms with van der Waals surface area (Å²) in [7, 11) is 0. The van der Waals surface area contributed by atoms with Crippen molar-refractivity contribution >= 4 is 22.7 Å². The molecule has 1 saturated heterocycles. The zero-order valence-corrected chi connectivity index (χ0v) is 22.3. The highest BCUT2D eigenvalue weighted by molar-refractivity contribution is 5.99. The predicted octanol–water partition coefficient (Wildman–Crippen LogP) is 4.42. The summed E-state index contributed by atoms with van der Waals surface area (Å²) in [5, 5.41) is 6.44. The molecule has 3 saturated carbocycles. The van der Waals surface area contributed by atoms with Gasteiger partial charge in [0.1, 0.15) is 28.7 Å². The maximum atomic E-state index is 14.4. The fourth-order valence-corrected chi connectivity index (χ4v) is 6.44. The van der Waals surface area contributed by atoms with Crippen LogP contribution in [0.25, 0.3) is 10.9 Å². The summed E-state index contributed by atoms with van der Waals surface area (Å²) >= 11 is 0. The first-order valence-electron chi connectivity index (χ1n) is 14.2. The molecular weight excluding hydrogens is 487 g/mol. The van der Waals surface area contributed by atoms with Crippen molar-refractivity contribution in [2.24, 2.45) is 0 Å². The number of carbonyl (C=O) groups excluding carboxylic acids is 2. The molecule has 38 heavy (non-hydrogen) atoms. The van der Waals surface area contributed by atoms with E-state index in [1.807, 2.05) is 6.07 Å². The summed E-state index contributed by atoms with van der Waals surface area (Å²) in [5.41, 5.74) is -0.479. The van der Waals surface area contributed by atoms with Gasteiger partial charge >= 0.3 is 0 Å². The molecule has 2 aromatic rings. The van der Waals surface area contributed by atoms with Crippen molar-refractivity contribution in [2.75, 3.05) is 13.2 Å². The van der Waals surface area contributed by atoms with Gasteiger partial charge in [-0.3, -0.25) is 24.3 Å². The number of unbranched alkanes of at least 4 members (excludes halogenated alkanes) is 4. The van der Waals surface area contributed by atoms with Crippen molar-refractivity contribution in [2.45, 2.75) is 108 Å². The standard InChI is InChI=1S/C29H39FN4O4/c1-20-32-21-8-7-9-23(25(21)27(37)34(20)22-10-11-24(35)33-26(22)36)38-19-6-4-2-3-5-18-31-29-15-12-28(30,13-16-29)14-17-29/h7-9,22,31H,2-6,10-19H2,1H3,(H,33,35,36). The van der Waals surface area contributed by atoms with Gasteiger partial charge in [-0.15, -0.1) is 0 Å². The van der Waals surface area contributed by atoms with Gasteiger partial charge in [0.15, 0.2) is 0 Å². The van der Waals surface area contributed by atoms with E-state index in [4.69, 9.17) is 4.74 Å². The first-order valence-corrected chi connectivity index (χ1v) is 14.2. The molecule has 4 fully saturated rings. The van der Waals surface area contributed by atoms with Gasteiger partial charge in [0.2, 0.25) is 11.8 Å². The number of fused-ring (bicyclic) bond motifs is 4. The molecule has 2 amide bonds. The Morgan fingerprint density at radius 2 is 1.76 bits per heavy atom. The molecule has 2 N–H and O–H groups in total. The number of hydrogen-bond donors (Lipinski definition) is 2. The van der Waals surface area contributed by atoms with E-state index in [9.17, 15) is 18.8 Å². The number of benzene rings is 1. The third-order valence-corrected chi connectivity index (χ3v) is 8.82. The Balaban J connectivity index is 1.09. The third-order valence-electron chi connectivity index (χ3n) is 8.82. The number of hydrogen-bond acceptors (Lipinski definition) is 6. The molecular formula is C29H39FN4O4. The third kappa shape index (κ3) is 5.63. The second-order valence-electron chi connectivity index (χ2n) is 11.4. The van der Waals surface area contributed by atoms with Crippen molar-refractivity contribution in [3.05, 3.63) is 34.4 Å². The summed E-state index contributed by atoms with van der Waals surface area (Å²) < 4.78 is 21.8. The number of alkyl halides is 1. The predicted molar refractivity (Wildman–Crippen MR) is 143 cm³/mol. The number of halogens is 1. The maximum absolute atomic E-state index is 14.4. The minimum absolute atomic E-state index is 0.185. The first-order chi connectivity index (χ1) is 18.3. The molecule has 0 radical (unpaired) electrons. The largest absolute Gasteiger partial charge is 0.493 e. The molecule has 6 rings (SSSR count). The number of aryl methyl sites for hydroxylation is 1. The smallest absolute Gasteiger partial charge is 0.265 e.